The van der Waals surface area contributed by atoms with Crippen LogP contribution in [-0.4, -0.2) is 23.2 Å². The molecule has 0 aromatic carbocycles. The Balaban J connectivity index is 2.05. The van der Waals surface area contributed by atoms with Gasteiger partial charge in [-0.25, -0.2) is 4.98 Å². The average Bonchev–Trinajstić information content (AvgIpc) is 2.38. The quantitative estimate of drug-likeness (QED) is 0.892. The summed E-state index contributed by atoms with van der Waals surface area (Å²) in [6.07, 6.45) is 6.55. The van der Waals surface area contributed by atoms with E-state index in [1.807, 2.05) is 12.1 Å². The smallest absolute Gasteiger partial charge is 0.128 e. The van der Waals surface area contributed by atoms with Crippen LogP contribution in [0.4, 0.5) is 5.82 Å². The van der Waals surface area contributed by atoms with E-state index < -0.39 is 6.10 Å². The predicted molar refractivity (Wildman–Crippen MR) is 74.7 cm³/mol. The zero-order valence-electron chi connectivity index (χ0n) is 11.6. The van der Waals surface area contributed by atoms with Crippen LogP contribution in [0.15, 0.2) is 18.3 Å². The maximum atomic E-state index is 9.48. The summed E-state index contributed by atoms with van der Waals surface area (Å²) in [4.78, 5) is 6.76. The normalized spacial score (nSPS) is 25.8. The Morgan fingerprint density at radius 2 is 2.17 bits per heavy atom. The summed E-state index contributed by atoms with van der Waals surface area (Å²) in [5.74, 6) is 1.83. The first-order chi connectivity index (χ1) is 8.58. The lowest BCUT2D eigenvalue weighted by atomic mass is 9.86. The molecule has 3 unspecified atom stereocenters. The van der Waals surface area contributed by atoms with Crippen molar-refractivity contribution in [1.29, 1.82) is 0 Å². The van der Waals surface area contributed by atoms with E-state index in [-0.39, 0.29) is 0 Å². The number of hydrogen-bond acceptors (Lipinski definition) is 3. The topological polar surface area (TPSA) is 36.4 Å². The van der Waals surface area contributed by atoms with Crippen molar-refractivity contribution in [2.45, 2.75) is 51.7 Å². The Hall–Kier alpha value is -1.09. The van der Waals surface area contributed by atoms with Crippen LogP contribution in [-0.2, 0) is 0 Å². The minimum atomic E-state index is -0.438. The third-order valence-corrected chi connectivity index (χ3v) is 4.07. The van der Waals surface area contributed by atoms with E-state index >= 15 is 0 Å². The van der Waals surface area contributed by atoms with Gasteiger partial charge in [0.2, 0.25) is 0 Å². The molecule has 1 N–H and O–H groups in total. The third-order valence-electron chi connectivity index (χ3n) is 4.07. The maximum Gasteiger partial charge on any atom is 0.128 e. The van der Waals surface area contributed by atoms with Gasteiger partial charge in [-0.3, -0.25) is 0 Å². The number of aliphatic hydroxyl groups is 1. The Kier molecular flexibility index (Phi) is 4.23. The fourth-order valence-corrected chi connectivity index (χ4v) is 2.79. The molecule has 3 nitrogen and oxygen atoms in total. The molecule has 0 amide bonds. The fourth-order valence-electron chi connectivity index (χ4n) is 2.79. The number of nitrogens with zero attached hydrogens (tertiary/aromatic N) is 2. The molecule has 2 rings (SSSR count). The highest BCUT2D eigenvalue weighted by molar-refractivity contribution is 5.40. The van der Waals surface area contributed by atoms with E-state index in [1.165, 1.54) is 25.7 Å². The first-order valence-corrected chi connectivity index (χ1v) is 6.94. The largest absolute Gasteiger partial charge is 0.389 e. The number of anilines is 1. The van der Waals surface area contributed by atoms with E-state index in [9.17, 15) is 5.11 Å². The molecule has 18 heavy (non-hydrogen) atoms. The summed E-state index contributed by atoms with van der Waals surface area (Å²) in [5, 5.41) is 9.48. The number of rotatable bonds is 3. The second-order valence-electron chi connectivity index (χ2n) is 5.66. The Bertz CT molecular complexity index is 375. The number of pyridine rings is 1. The van der Waals surface area contributed by atoms with Crippen LogP contribution in [0.2, 0.25) is 0 Å². The number of hydrogen-bond donors (Lipinski definition) is 1. The molecule has 1 fully saturated rings. The van der Waals surface area contributed by atoms with Crippen molar-refractivity contribution in [2.75, 3.05) is 11.9 Å². The average molecular weight is 248 g/mol. The summed E-state index contributed by atoms with van der Waals surface area (Å²) >= 11 is 0. The molecule has 1 aromatic heterocycles. The van der Waals surface area contributed by atoms with Crippen LogP contribution in [0.1, 0.15) is 51.2 Å². The molecule has 0 bridgehead atoms. The molecular formula is C15H24N2O. The van der Waals surface area contributed by atoms with Crippen molar-refractivity contribution in [3.8, 4) is 0 Å². The molecule has 3 atom stereocenters. The first-order valence-electron chi connectivity index (χ1n) is 6.94. The van der Waals surface area contributed by atoms with Crippen molar-refractivity contribution < 1.29 is 5.11 Å². The Morgan fingerprint density at radius 3 is 2.72 bits per heavy atom. The van der Waals surface area contributed by atoms with Gasteiger partial charge < -0.3 is 10.0 Å². The van der Waals surface area contributed by atoms with Crippen LogP contribution in [0.5, 0.6) is 0 Å². The van der Waals surface area contributed by atoms with Crippen molar-refractivity contribution >= 4 is 5.82 Å². The van der Waals surface area contributed by atoms with Gasteiger partial charge in [-0.05, 0) is 37.3 Å². The van der Waals surface area contributed by atoms with Gasteiger partial charge in [0.25, 0.3) is 0 Å². The van der Waals surface area contributed by atoms with Crippen LogP contribution >= 0.6 is 0 Å². The Labute approximate surface area is 110 Å². The maximum absolute atomic E-state index is 9.48. The molecule has 0 spiro atoms. The SMILES string of the molecule is CC1CCCC(N(C)c2ccc(C(C)O)cn2)C1. The van der Waals surface area contributed by atoms with Crippen LogP contribution in [0, 0.1) is 5.92 Å². The van der Waals surface area contributed by atoms with Gasteiger partial charge in [-0.2, -0.15) is 0 Å². The number of aliphatic hydroxyl groups excluding tert-OH is 1. The molecule has 3 heteroatoms. The lowest BCUT2D eigenvalue weighted by Gasteiger charge is -2.35. The van der Waals surface area contributed by atoms with Gasteiger partial charge in [0.05, 0.1) is 6.10 Å². The molecule has 1 heterocycles. The van der Waals surface area contributed by atoms with Crippen molar-refractivity contribution in [2.24, 2.45) is 5.92 Å². The van der Waals surface area contributed by atoms with Crippen molar-refractivity contribution in [3.05, 3.63) is 23.9 Å². The van der Waals surface area contributed by atoms with Gasteiger partial charge in [0.15, 0.2) is 0 Å². The molecule has 1 aliphatic rings. The molecule has 0 aliphatic heterocycles. The summed E-state index contributed by atoms with van der Waals surface area (Å²) in [6.45, 7) is 4.10. The van der Waals surface area contributed by atoms with E-state index in [1.54, 1.807) is 13.1 Å². The fraction of sp³-hybridized carbons (Fsp3) is 0.667. The highest BCUT2D eigenvalue weighted by Crippen LogP contribution is 2.29. The van der Waals surface area contributed by atoms with Crippen LogP contribution in [0.3, 0.4) is 0 Å². The second-order valence-corrected chi connectivity index (χ2v) is 5.66. The van der Waals surface area contributed by atoms with Crippen LogP contribution in [0.25, 0.3) is 0 Å². The van der Waals surface area contributed by atoms with Gasteiger partial charge >= 0.3 is 0 Å². The standard InChI is InChI=1S/C15H24N2O/c1-11-5-4-6-14(9-11)17(3)15-8-7-13(10-16-15)12(2)18/h7-8,10-12,14,18H,4-6,9H2,1-3H3. The molecule has 0 saturated heterocycles. The van der Waals surface area contributed by atoms with Crippen molar-refractivity contribution in [3.63, 3.8) is 0 Å². The van der Waals surface area contributed by atoms with Gasteiger partial charge in [-0.15, -0.1) is 0 Å². The lowest BCUT2D eigenvalue weighted by Crippen LogP contribution is -2.36. The van der Waals surface area contributed by atoms with E-state index in [2.05, 4.69) is 23.9 Å². The zero-order chi connectivity index (χ0) is 13.1. The minimum Gasteiger partial charge on any atom is -0.389 e. The van der Waals surface area contributed by atoms with Crippen LogP contribution < -0.4 is 4.90 Å². The molecule has 1 aromatic rings. The predicted octanol–water partition coefficient (Wildman–Crippen LogP) is 3.15. The molecule has 0 radical (unpaired) electrons. The van der Waals surface area contributed by atoms with Gasteiger partial charge in [-0.1, -0.05) is 25.8 Å². The van der Waals surface area contributed by atoms with Crippen molar-refractivity contribution in [1.82, 2.24) is 4.98 Å². The zero-order valence-corrected chi connectivity index (χ0v) is 11.6. The molecule has 1 aliphatic carbocycles. The minimum absolute atomic E-state index is 0.438. The number of aromatic nitrogens is 1. The molecule has 100 valence electrons. The summed E-state index contributed by atoms with van der Waals surface area (Å²) < 4.78 is 0. The highest BCUT2D eigenvalue weighted by Gasteiger charge is 2.23. The molecular weight excluding hydrogens is 224 g/mol. The van der Waals surface area contributed by atoms with Gasteiger partial charge in [0.1, 0.15) is 5.82 Å². The van der Waals surface area contributed by atoms with Gasteiger partial charge in [0, 0.05) is 19.3 Å². The first kappa shape index (κ1) is 13.3. The third kappa shape index (κ3) is 3.02. The van der Waals surface area contributed by atoms with E-state index in [4.69, 9.17) is 0 Å². The van der Waals surface area contributed by atoms with E-state index in [0.29, 0.717) is 6.04 Å². The monoisotopic (exact) mass is 248 g/mol. The summed E-state index contributed by atoms with van der Waals surface area (Å²) in [7, 11) is 2.13. The lowest BCUT2D eigenvalue weighted by molar-refractivity contribution is 0.199. The highest BCUT2D eigenvalue weighted by atomic mass is 16.3. The summed E-state index contributed by atoms with van der Waals surface area (Å²) in [6, 6.07) is 4.59. The van der Waals surface area contributed by atoms with E-state index in [0.717, 1.165) is 17.3 Å². The molecule has 1 saturated carbocycles. The second kappa shape index (κ2) is 5.70. The Morgan fingerprint density at radius 1 is 1.39 bits per heavy atom. The summed E-state index contributed by atoms with van der Waals surface area (Å²) in [5.41, 5.74) is 0.879.